The van der Waals surface area contributed by atoms with E-state index in [1.54, 1.807) is 0 Å². The van der Waals surface area contributed by atoms with Gasteiger partial charge in [-0.1, -0.05) is 48.5 Å². The molecule has 0 aliphatic heterocycles. The van der Waals surface area contributed by atoms with Crippen molar-refractivity contribution in [2.75, 3.05) is 6.61 Å². The lowest BCUT2D eigenvalue weighted by Crippen LogP contribution is -2.44. The Kier molecular flexibility index (Phi) is 6.02. The van der Waals surface area contributed by atoms with Crippen LogP contribution in [0.5, 0.6) is 0 Å². The van der Waals surface area contributed by atoms with E-state index in [0.29, 0.717) is 13.2 Å². The summed E-state index contributed by atoms with van der Waals surface area (Å²) in [6.07, 6.45) is 2.41. The molecule has 0 fully saturated rings. The number of ether oxygens (including phenoxy) is 1. The number of amides is 2. The quantitative estimate of drug-likeness (QED) is 0.616. The number of urea groups is 1. The predicted molar refractivity (Wildman–Crippen MR) is 116 cm³/mol. The van der Waals surface area contributed by atoms with Crippen molar-refractivity contribution >= 4 is 22.9 Å². The summed E-state index contributed by atoms with van der Waals surface area (Å²) in [5.41, 5.74) is 4.51. The Morgan fingerprint density at radius 1 is 1.10 bits per heavy atom. The molecule has 6 heteroatoms. The average molecular weight is 405 g/mol. The fraction of sp³-hybridized carbons (Fsp3) is 0.333. The van der Waals surface area contributed by atoms with Crippen LogP contribution in [0.25, 0.3) is 10.9 Å². The maximum Gasteiger partial charge on any atom is 0.325 e. The standard InChI is InChI=1S/C24H27N3O3/c1-2-30-23(28)16-27-21-11-7-6-10-19(21)20-14-18(12-13-22(20)27)26-24(29)25-15-17-8-4-3-5-9-17/h3-11,18H,2,12-16H2,1H3,(H2,25,26,29)/t18-/m0/s1. The summed E-state index contributed by atoms with van der Waals surface area (Å²) in [4.78, 5) is 24.5. The number of hydrogen-bond donors (Lipinski definition) is 2. The van der Waals surface area contributed by atoms with Gasteiger partial charge in [0.05, 0.1) is 6.61 Å². The van der Waals surface area contributed by atoms with Crippen LogP contribution in [-0.2, 0) is 35.5 Å². The van der Waals surface area contributed by atoms with Gasteiger partial charge >= 0.3 is 12.0 Å². The van der Waals surface area contributed by atoms with Crippen molar-refractivity contribution in [2.24, 2.45) is 0 Å². The summed E-state index contributed by atoms with van der Waals surface area (Å²) in [6, 6.07) is 17.9. The van der Waals surface area contributed by atoms with Gasteiger partial charge in [0.15, 0.2) is 0 Å². The van der Waals surface area contributed by atoms with Crippen LogP contribution >= 0.6 is 0 Å². The fourth-order valence-electron chi connectivity index (χ4n) is 4.26. The third kappa shape index (κ3) is 4.32. The first-order valence-corrected chi connectivity index (χ1v) is 10.5. The zero-order chi connectivity index (χ0) is 20.9. The number of carbonyl (C=O) groups excluding carboxylic acids is 2. The van der Waals surface area contributed by atoms with E-state index < -0.39 is 0 Å². The molecule has 1 aromatic heterocycles. The molecule has 0 bridgehead atoms. The molecule has 0 saturated heterocycles. The lowest BCUT2D eigenvalue weighted by Gasteiger charge is -2.25. The maximum atomic E-state index is 12.4. The SMILES string of the molecule is CCOC(=O)Cn1c2c(c3ccccc31)C[C@@H](NC(=O)NCc1ccccc1)CC2. The van der Waals surface area contributed by atoms with Crippen molar-refractivity contribution < 1.29 is 14.3 Å². The summed E-state index contributed by atoms with van der Waals surface area (Å²) in [5.74, 6) is -0.221. The van der Waals surface area contributed by atoms with E-state index in [9.17, 15) is 9.59 Å². The number of esters is 1. The van der Waals surface area contributed by atoms with Gasteiger partial charge in [-0.2, -0.15) is 0 Å². The van der Waals surface area contributed by atoms with E-state index in [1.165, 1.54) is 11.3 Å². The van der Waals surface area contributed by atoms with Crippen molar-refractivity contribution in [3.63, 3.8) is 0 Å². The Labute approximate surface area is 176 Å². The number of aromatic nitrogens is 1. The highest BCUT2D eigenvalue weighted by molar-refractivity contribution is 5.87. The smallest absolute Gasteiger partial charge is 0.325 e. The van der Waals surface area contributed by atoms with E-state index >= 15 is 0 Å². The van der Waals surface area contributed by atoms with Crippen LogP contribution in [-0.4, -0.2) is 29.2 Å². The molecule has 4 rings (SSSR count). The summed E-state index contributed by atoms with van der Waals surface area (Å²) in [6.45, 7) is 2.92. The molecule has 1 heterocycles. The van der Waals surface area contributed by atoms with Gasteiger partial charge in [-0.3, -0.25) is 4.79 Å². The van der Waals surface area contributed by atoms with Gasteiger partial charge < -0.3 is 19.9 Å². The van der Waals surface area contributed by atoms with Crippen LogP contribution in [0, 0.1) is 0 Å². The van der Waals surface area contributed by atoms with E-state index in [4.69, 9.17) is 4.74 Å². The number of fused-ring (bicyclic) bond motifs is 3. The second-order valence-corrected chi connectivity index (χ2v) is 7.59. The molecular formula is C24H27N3O3. The van der Waals surface area contributed by atoms with Crippen LogP contribution < -0.4 is 10.6 Å². The van der Waals surface area contributed by atoms with Crippen LogP contribution in [0.4, 0.5) is 4.79 Å². The van der Waals surface area contributed by atoms with Crippen LogP contribution in [0.3, 0.4) is 0 Å². The van der Waals surface area contributed by atoms with Crippen molar-refractivity contribution in [1.29, 1.82) is 0 Å². The topological polar surface area (TPSA) is 72.4 Å². The lowest BCUT2D eigenvalue weighted by atomic mass is 9.91. The second kappa shape index (κ2) is 9.03. The van der Waals surface area contributed by atoms with Gasteiger partial charge in [0.1, 0.15) is 6.54 Å². The summed E-state index contributed by atoms with van der Waals surface area (Å²) >= 11 is 0. The molecule has 1 aliphatic carbocycles. The average Bonchev–Trinajstić information content (AvgIpc) is 3.06. The molecule has 0 radical (unpaired) electrons. The van der Waals surface area contributed by atoms with Gasteiger partial charge in [-0.15, -0.1) is 0 Å². The molecule has 1 atom stereocenters. The molecule has 2 amide bonds. The van der Waals surface area contributed by atoms with Gasteiger partial charge in [-0.25, -0.2) is 4.79 Å². The zero-order valence-electron chi connectivity index (χ0n) is 17.2. The Morgan fingerprint density at radius 3 is 2.67 bits per heavy atom. The molecule has 2 N–H and O–H groups in total. The molecule has 0 unspecified atom stereocenters. The number of benzene rings is 2. The molecule has 2 aromatic carbocycles. The Morgan fingerprint density at radius 2 is 1.87 bits per heavy atom. The van der Waals surface area contributed by atoms with Crippen LogP contribution in [0.1, 0.15) is 30.2 Å². The Balaban J connectivity index is 1.47. The van der Waals surface area contributed by atoms with E-state index in [1.807, 2.05) is 55.5 Å². The van der Waals surface area contributed by atoms with Gasteiger partial charge in [0.2, 0.25) is 0 Å². The molecular weight excluding hydrogens is 378 g/mol. The lowest BCUT2D eigenvalue weighted by molar-refractivity contribution is -0.143. The third-order valence-electron chi connectivity index (χ3n) is 5.60. The Bertz CT molecular complexity index is 1040. The Hall–Kier alpha value is -3.28. The molecule has 3 aromatic rings. The van der Waals surface area contributed by atoms with Crippen molar-refractivity contribution in [1.82, 2.24) is 15.2 Å². The highest BCUT2D eigenvalue weighted by Crippen LogP contribution is 2.32. The summed E-state index contributed by atoms with van der Waals surface area (Å²) < 4.78 is 7.24. The van der Waals surface area contributed by atoms with E-state index in [-0.39, 0.29) is 24.6 Å². The van der Waals surface area contributed by atoms with Gasteiger partial charge in [-0.05, 0) is 43.4 Å². The minimum Gasteiger partial charge on any atom is -0.465 e. The van der Waals surface area contributed by atoms with E-state index in [0.717, 1.165) is 35.7 Å². The van der Waals surface area contributed by atoms with Crippen molar-refractivity contribution in [2.45, 2.75) is 45.3 Å². The van der Waals surface area contributed by atoms with Crippen LogP contribution in [0.2, 0.25) is 0 Å². The number of rotatable bonds is 6. The minimum atomic E-state index is -0.221. The molecule has 1 aliphatic rings. The van der Waals surface area contributed by atoms with Crippen LogP contribution in [0.15, 0.2) is 54.6 Å². The maximum absolute atomic E-state index is 12.4. The zero-order valence-corrected chi connectivity index (χ0v) is 17.2. The molecule has 30 heavy (non-hydrogen) atoms. The second-order valence-electron chi connectivity index (χ2n) is 7.59. The summed E-state index contributed by atoms with van der Waals surface area (Å²) in [7, 11) is 0. The molecule has 156 valence electrons. The monoisotopic (exact) mass is 405 g/mol. The summed E-state index contributed by atoms with van der Waals surface area (Å²) in [5, 5.41) is 7.20. The predicted octanol–water partition coefficient (Wildman–Crippen LogP) is 3.56. The number of hydrogen-bond acceptors (Lipinski definition) is 3. The molecule has 0 saturated carbocycles. The number of nitrogens with one attached hydrogen (secondary N) is 2. The number of carbonyl (C=O) groups is 2. The van der Waals surface area contributed by atoms with Crippen molar-refractivity contribution in [3.8, 4) is 0 Å². The van der Waals surface area contributed by atoms with E-state index in [2.05, 4.69) is 21.3 Å². The highest BCUT2D eigenvalue weighted by Gasteiger charge is 2.27. The largest absolute Gasteiger partial charge is 0.465 e. The molecule has 6 nitrogen and oxygen atoms in total. The number of para-hydroxylation sites is 1. The first-order valence-electron chi connectivity index (χ1n) is 10.5. The van der Waals surface area contributed by atoms with Crippen molar-refractivity contribution in [3.05, 3.63) is 71.4 Å². The van der Waals surface area contributed by atoms with Gasteiger partial charge in [0, 0.05) is 29.2 Å². The highest BCUT2D eigenvalue weighted by atomic mass is 16.5. The first-order chi connectivity index (χ1) is 14.7. The molecule has 0 spiro atoms. The third-order valence-corrected chi connectivity index (χ3v) is 5.60. The number of nitrogens with zero attached hydrogens (tertiary/aromatic N) is 1. The minimum absolute atomic E-state index is 0.0649. The van der Waals surface area contributed by atoms with Gasteiger partial charge in [0.25, 0.3) is 0 Å². The first kappa shape index (κ1) is 20.0. The fourth-order valence-corrected chi connectivity index (χ4v) is 4.26. The normalized spacial score (nSPS) is 15.4.